The van der Waals surface area contributed by atoms with Gasteiger partial charge in [0.05, 0.1) is 10.7 Å². The fourth-order valence-electron chi connectivity index (χ4n) is 1.95. The van der Waals surface area contributed by atoms with E-state index in [0.29, 0.717) is 10.8 Å². The summed E-state index contributed by atoms with van der Waals surface area (Å²) in [4.78, 5) is 4.35. The summed E-state index contributed by atoms with van der Waals surface area (Å²) < 4.78 is 1.53. The van der Waals surface area contributed by atoms with Gasteiger partial charge >= 0.3 is 0 Å². The van der Waals surface area contributed by atoms with Gasteiger partial charge in [0.1, 0.15) is 11.6 Å². The number of hydrogen-bond donors (Lipinski definition) is 1. The molecule has 3 rings (SSSR count). The first kappa shape index (κ1) is 11.9. The fraction of sp³-hybridized carbons (Fsp3) is 0.154. The van der Waals surface area contributed by atoms with Crippen molar-refractivity contribution >= 4 is 23.3 Å². The maximum Gasteiger partial charge on any atom is 0.185 e. The van der Waals surface area contributed by atoms with Gasteiger partial charge in [-0.05, 0) is 37.6 Å². The van der Waals surface area contributed by atoms with Crippen molar-refractivity contribution in [1.29, 1.82) is 0 Å². The second kappa shape index (κ2) is 4.20. The number of phenols is 1. The van der Waals surface area contributed by atoms with Crippen LogP contribution in [-0.4, -0.2) is 24.9 Å². The van der Waals surface area contributed by atoms with E-state index in [4.69, 9.17) is 11.6 Å². The second-order valence-electron chi connectivity index (χ2n) is 4.33. The van der Waals surface area contributed by atoms with E-state index in [1.165, 1.54) is 4.63 Å². The topological polar surface area (TPSA) is 63.3 Å². The molecule has 0 aliphatic heterocycles. The van der Waals surface area contributed by atoms with Gasteiger partial charge in [-0.15, -0.1) is 9.73 Å². The van der Waals surface area contributed by atoms with E-state index in [0.717, 1.165) is 22.1 Å². The average Bonchev–Trinajstić information content (AvgIpc) is 2.82. The lowest BCUT2D eigenvalue weighted by molar-refractivity contribution is 0.475. The van der Waals surface area contributed by atoms with Crippen LogP contribution >= 0.6 is 11.6 Å². The van der Waals surface area contributed by atoms with E-state index >= 15 is 0 Å². The SMILES string of the molecule is Cc1nc2/c(=C\c3ccc(O)c(Cl)c3)c(C)nn2n1. The summed E-state index contributed by atoms with van der Waals surface area (Å²) in [5, 5.41) is 19.1. The van der Waals surface area contributed by atoms with Gasteiger partial charge in [-0.2, -0.15) is 5.10 Å². The van der Waals surface area contributed by atoms with Gasteiger partial charge in [0.2, 0.25) is 0 Å². The molecule has 0 bridgehead atoms. The van der Waals surface area contributed by atoms with Crippen molar-refractivity contribution in [1.82, 2.24) is 19.8 Å². The number of benzene rings is 1. The van der Waals surface area contributed by atoms with E-state index in [1.54, 1.807) is 18.2 Å². The van der Waals surface area contributed by atoms with E-state index in [-0.39, 0.29) is 5.75 Å². The summed E-state index contributed by atoms with van der Waals surface area (Å²) in [7, 11) is 0. The summed E-state index contributed by atoms with van der Waals surface area (Å²) in [6.07, 6.45) is 1.93. The van der Waals surface area contributed by atoms with E-state index in [1.807, 2.05) is 19.9 Å². The highest BCUT2D eigenvalue weighted by Gasteiger charge is 2.08. The Morgan fingerprint density at radius 1 is 1.26 bits per heavy atom. The van der Waals surface area contributed by atoms with Gasteiger partial charge in [0, 0.05) is 5.22 Å². The average molecular weight is 275 g/mol. The first-order chi connectivity index (χ1) is 9.04. The van der Waals surface area contributed by atoms with E-state index in [9.17, 15) is 5.11 Å². The Hall–Kier alpha value is -2.14. The van der Waals surface area contributed by atoms with Crippen LogP contribution < -0.4 is 5.22 Å². The Morgan fingerprint density at radius 2 is 2.05 bits per heavy atom. The quantitative estimate of drug-likeness (QED) is 0.733. The number of phenolic OH excluding ortho intramolecular Hbond substituents is 1. The first-order valence-corrected chi connectivity index (χ1v) is 6.12. The smallest absolute Gasteiger partial charge is 0.185 e. The highest BCUT2D eigenvalue weighted by atomic mass is 35.5. The molecule has 19 heavy (non-hydrogen) atoms. The number of halogens is 1. The van der Waals surface area contributed by atoms with Gasteiger partial charge in [-0.3, -0.25) is 0 Å². The van der Waals surface area contributed by atoms with Crippen molar-refractivity contribution < 1.29 is 5.11 Å². The molecule has 3 aromatic rings. The monoisotopic (exact) mass is 274 g/mol. The lowest BCUT2D eigenvalue weighted by Crippen LogP contribution is -2.03. The minimum absolute atomic E-state index is 0.0691. The number of nitrogens with zero attached hydrogens (tertiary/aromatic N) is 4. The van der Waals surface area contributed by atoms with Crippen molar-refractivity contribution in [2.75, 3.05) is 0 Å². The van der Waals surface area contributed by atoms with Crippen LogP contribution in [0.15, 0.2) is 18.2 Å². The van der Waals surface area contributed by atoms with Crippen molar-refractivity contribution in [3.63, 3.8) is 0 Å². The highest BCUT2D eigenvalue weighted by molar-refractivity contribution is 6.32. The molecule has 0 aliphatic carbocycles. The molecule has 2 heterocycles. The van der Waals surface area contributed by atoms with Crippen molar-refractivity contribution in [2.45, 2.75) is 13.8 Å². The van der Waals surface area contributed by atoms with Crippen LogP contribution in [-0.2, 0) is 0 Å². The number of rotatable bonds is 1. The zero-order valence-electron chi connectivity index (χ0n) is 10.4. The van der Waals surface area contributed by atoms with Crippen LogP contribution in [0.5, 0.6) is 5.75 Å². The number of aromatic hydroxyl groups is 1. The Balaban J connectivity index is 2.24. The molecule has 0 radical (unpaired) electrons. The normalized spacial score (nSPS) is 12.5. The largest absolute Gasteiger partial charge is 0.506 e. The third-order valence-electron chi connectivity index (χ3n) is 2.85. The molecule has 0 saturated carbocycles. The molecular weight excluding hydrogens is 264 g/mol. The molecule has 96 valence electrons. The number of fused-ring (bicyclic) bond motifs is 1. The molecule has 0 atom stereocenters. The molecule has 1 aromatic carbocycles. The van der Waals surface area contributed by atoms with Crippen LogP contribution in [0.1, 0.15) is 17.1 Å². The van der Waals surface area contributed by atoms with Gasteiger partial charge in [0.25, 0.3) is 0 Å². The lowest BCUT2D eigenvalue weighted by Gasteiger charge is -1.97. The molecule has 2 aromatic heterocycles. The predicted molar refractivity (Wildman–Crippen MR) is 72.2 cm³/mol. The summed E-state index contributed by atoms with van der Waals surface area (Å²) in [6, 6.07) is 5.04. The van der Waals surface area contributed by atoms with E-state index in [2.05, 4.69) is 15.2 Å². The first-order valence-electron chi connectivity index (χ1n) is 5.75. The Labute approximate surface area is 114 Å². The minimum atomic E-state index is 0.0691. The summed E-state index contributed by atoms with van der Waals surface area (Å²) in [6.45, 7) is 3.73. The number of hydrogen-bond acceptors (Lipinski definition) is 4. The third kappa shape index (κ3) is 2.02. The summed E-state index contributed by atoms with van der Waals surface area (Å²) >= 11 is 5.90. The Bertz CT molecular complexity index is 825. The summed E-state index contributed by atoms with van der Waals surface area (Å²) in [5.41, 5.74) is 2.44. The van der Waals surface area contributed by atoms with Gasteiger partial charge in [-0.1, -0.05) is 17.7 Å². The van der Waals surface area contributed by atoms with Crippen LogP contribution in [0.25, 0.3) is 11.7 Å². The Kier molecular flexibility index (Phi) is 2.64. The van der Waals surface area contributed by atoms with Crippen molar-refractivity contribution in [3.05, 3.63) is 45.5 Å². The molecule has 6 heteroatoms. The molecule has 0 saturated heterocycles. The summed E-state index contributed by atoms with van der Waals surface area (Å²) in [5.74, 6) is 0.750. The zero-order valence-corrected chi connectivity index (χ0v) is 11.2. The maximum atomic E-state index is 9.41. The van der Waals surface area contributed by atoms with Gasteiger partial charge in [0.15, 0.2) is 5.65 Å². The third-order valence-corrected chi connectivity index (χ3v) is 3.16. The molecule has 0 fully saturated rings. The molecule has 0 spiro atoms. The second-order valence-corrected chi connectivity index (χ2v) is 4.73. The standard InChI is InChI=1S/C13H11ClN4O/c1-7-10(13-15-8(2)17-18(13)16-7)5-9-3-4-12(19)11(14)6-9/h3-6,19H,1-2H3/b10-5-. The molecule has 5 nitrogen and oxygen atoms in total. The fourth-order valence-corrected chi connectivity index (χ4v) is 2.14. The maximum absolute atomic E-state index is 9.41. The van der Waals surface area contributed by atoms with E-state index < -0.39 is 0 Å². The molecule has 0 aliphatic rings. The van der Waals surface area contributed by atoms with Crippen LogP contribution in [0.2, 0.25) is 5.02 Å². The van der Waals surface area contributed by atoms with Crippen molar-refractivity contribution in [3.8, 4) is 5.75 Å². The van der Waals surface area contributed by atoms with Gasteiger partial charge < -0.3 is 5.11 Å². The molecule has 0 unspecified atom stereocenters. The Morgan fingerprint density at radius 3 is 2.79 bits per heavy atom. The van der Waals surface area contributed by atoms with Gasteiger partial charge in [-0.25, -0.2) is 4.98 Å². The molecule has 1 N–H and O–H groups in total. The van der Waals surface area contributed by atoms with Crippen LogP contribution in [0.4, 0.5) is 0 Å². The number of aromatic nitrogens is 4. The zero-order chi connectivity index (χ0) is 13.6. The minimum Gasteiger partial charge on any atom is -0.506 e. The van der Waals surface area contributed by atoms with Crippen LogP contribution in [0.3, 0.4) is 0 Å². The molecule has 0 amide bonds. The highest BCUT2D eigenvalue weighted by Crippen LogP contribution is 2.23. The molecular formula is C13H11ClN4O. The number of aryl methyl sites for hydroxylation is 2. The van der Waals surface area contributed by atoms with Crippen molar-refractivity contribution in [2.24, 2.45) is 0 Å². The lowest BCUT2D eigenvalue weighted by atomic mass is 10.1. The van der Waals surface area contributed by atoms with Crippen LogP contribution in [0, 0.1) is 13.8 Å². The predicted octanol–water partition coefficient (Wildman–Crippen LogP) is 1.65.